The molecule has 3 rings (SSSR count). The minimum absolute atomic E-state index is 0.0876. The SMILES string of the molecule is N#Cc1[nH]nnc1-c1ccc(OC(F)F)c(OCc2ccc(Cl)cc2)c1. The van der Waals surface area contributed by atoms with Crippen LogP contribution in [-0.2, 0) is 6.61 Å². The fourth-order valence-corrected chi connectivity index (χ4v) is 2.34. The van der Waals surface area contributed by atoms with E-state index >= 15 is 0 Å². The zero-order valence-electron chi connectivity index (χ0n) is 13.1. The van der Waals surface area contributed by atoms with Crippen LogP contribution in [-0.4, -0.2) is 22.0 Å². The van der Waals surface area contributed by atoms with E-state index in [0.29, 0.717) is 10.6 Å². The summed E-state index contributed by atoms with van der Waals surface area (Å²) in [5, 5.41) is 19.5. The molecule has 0 spiro atoms. The molecule has 2 aromatic carbocycles. The van der Waals surface area contributed by atoms with Crippen LogP contribution in [0.2, 0.25) is 5.02 Å². The van der Waals surface area contributed by atoms with E-state index in [1.54, 1.807) is 24.3 Å². The molecular formula is C17H11ClF2N4O2. The summed E-state index contributed by atoms with van der Waals surface area (Å²) >= 11 is 5.83. The van der Waals surface area contributed by atoms with Crippen LogP contribution in [0.4, 0.5) is 8.78 Å². The van der Waals surface area contributed by atoms with Gasteiger partial charge in [0.25, 0.3) is 0 Å². The summed E-state index contributed by atoms with van der Waals surface area (Å²) in [4.78, 5) is 0. The number of H-pyrrole nitrogens is 1. The standard InChI is InChI=1S/C17H11ClF2N4O2/c18-12-4-1-10(2-5-12)9-25-15-7-11(3-6-14(15)26-17(19)20)16-13(8-21)22-24-23-16/h1-7,17H,9H2,(H,22,23,24). The summed E-state index contributed by atoms with van der Waals surface area (Å²) in [5.41, 5.74) is 1.70. The monoisotopic (exact) mass is 376 g/mol. The van der Waals surface area contributed by atoms with Crippen LogP contribution in [0.3, 0.4) is 0 Å². The third-order valence-electron chi connectivity index (χ3n) is 3.40. The van der Waals surface area contributed by atoms with Crippen LogP contribution in [0.15, 0.2) is 42.5 Å². The number of nitrogens with one attached hydrogen (secondary N) is 1. The van der Waals surface area contributed by atoms with Gasteiger partial charge in [-0.15, -0.1) is 5.10 Å². The van der Waals surface area contributed by atoms with E-state index in [9.17, 15) is 8.78 Å². The van der Waals surface area contributed by atoms with E-state index < -0.39 is 6.61 Å². The van der Waals surface area contributed by atoms with Crippen molar-refractivity contribution in [1.29, 1.82) is 5.26 Å². The Morgan fingerprint density at radius 1 is 1.15 bits per heavy atom. The average molecular weight is 377 g/mol. The van der Waals surface area contributed by atoms with E-state index in [4.69, 9.17) is 21.6 Å². The van der Waals surface area contributed by atoms with Crippen LogP contribution >= 0.6 is 11.6 Å². The third-order valence-corrected chi connectivity index (χ3v) is 3.65. The van der Waals surface area contributed by atoms with Gasteiger partial charge < -0.3 is 9.47 Å². The first-order valence-electron chi connectivity index (χ1n) is 7.34. The van der Waals surface area contributed by atoms with Crippen molar-refractivity contribution in [2.75, 3.05) is 0 Å². The maximum Gasteiger partial charge on any atom is 0.387 e. The first kappa shape index (κ1) is 17.6. The maximum atomic E-state index is 12.6. The molecule has 0 saturated heterocycles. The van der Waals surface area contributed by atoms with Gasteiger partial charge in [-0.3, -0.25) is 0 Å². The second kappa shape index (κ2) is 7.80. The second-order valence-corrected chi connectivity index (χ2v) is 5.54. The molecule has 0 aliphatic rings. The van der Waals surface area contributed by atoms with E-state index in [0.717, 1.165) is 5.56 Å². The van der Waals surface area contributed by atoms with Gasteiger partial charge in [0, 0.05) is 10.6 Å². The topological polar surface area (TPSA) is 83.8 Å². The van der Waals surface area contributed by atoms with Gasteiger partial charge >= 0.3 is 6.61 Å². The van der Waals surface area contributed by atoms with Gasteiger partial charge in [0.1, 0.15) is 18.4 Å². The fourth-order valence-electron chi connectivity index (χ4n) is 2.21. The largest absolute Gasteiger partial charge is 0.485 e. The molecule has 9 heteroatoms. The molecule has 1 aromatic heterocycles. The molecule has 0 saturated carbocycles. The Hall–Kier alpha value is -3.18. The first-order chi connectivity index (χ1) is 12.6. The van der Waals surface area contributed by atoms with E-state index in [-0.39, 0.29) is 29.5 Å². The van der Waals surface area contributed by atoms with Crippen LogP contribution in [0, 0.1) is 11.3 Å². The zero-order valence-corrected chi connectivity index (χ0v) is 13.9. The number of benzene rings is 2. The predicted octanol–water partition coefficient (Wildman–Crippen LogP) is 4.18. The lowest BCUT2D eigenvalue weighted by molar-refractivity contribution is -0.0515. The molecule has 132 valence electrons. The maximum absolute atomic E-state index is 12.6. The van der Waals surface area contributed by atoms with Crippen molar-refractivity contribution >= 4 is 11.6 Å². The molecule has 0 unspecified atom stereocenters. The number of aromatic nitrogens is 3. The van der Waals surface area contributed by atoms with Crippen LogP contribution in [0.5, 0.6) is 11.5 Å². The van der Waals surface area contributed by atoms with Gasteiger partial charge in [0.05, 0.1) is 0 Å². The van der Waals surface area contributed by atoms with E-state index in [1.165, 1.54) is 18.2 Å². The molecule has 0 aliphatic heterocycles. The minimum Gasteiger partial charge on any atom is -0.485 e. The van der Waals surface area contributed by atoms with Crippen LogP contribution < -0.4 is 9.47 Å². The Kier molecular flexibility index (Phi) is 5.29. The first-order valence-corrected chi connectivity index (χ1v) is 7.72. The summed E-state index contributed by atoms with van der Waals surface area (Å²) in [6.45, 7) is -2.88. The Balaban J connectivity index is 1.90. The summed E-state index contributed by atoms with van der Waals surface area (Å²) < 4.78 is 35.4. The minimum atomic E-state index is -3.00. The van der Waals surface area contributed by atoms with Gasteiger partial charge in [0.15, 0.2) is 17.2 Å². The summed E-state index contributed by atoms with van der Waals surface area (Å²) in [6, 6.07) is 13.1. The Labute approximate surface area is 151 Å². The predicted molar refractivity (Wildman–Crippen MR) is 88.9 cm³/mol. The van der Waals surface area contributed by atoms with Crippen molar-refractivity contribution < 1.29 is 18.3 Å². The van der Waals surface area contributed by atoms with Gasteiger partial charge in [-0.2, -0.15) is 14.0 Å². The number of hydrogen-bond acceptors (Lipinski definition) is 5. The highest BCUT2D eigenvalue weighted by Crippen LogP contribution is 2.34. The molecule has 0 atom stereocenters. The van der Waals surface area contributed by atoms with Crippen molar-refractivity contribution in [3.8, 4) is 28.8 Å². The van der Waals surface area contributed by atoms with Gasteiger partial charge in [0.2, 0.25) is 0 Å². The lowest BCUT2D eigenvalue weighted by atomic mass is 10.1. The molecule has 0 bridgehead atoms. The van der Waals surface area contributed by atoms with Crippen LogP contribution in [0.1, 0.15) is 11.3 Å². The number of nitrogens with zero attached hydrogens (tertiary/aromatic N) is 3. The molecule has 26 heavy (non-hydrogen) atoms. The molecule has 6 nitrogen and oxygen atoms in total. The van der Waals surface area contributed by atoms with Gasteiger partial charge in [-0.05, 0) is 35.9 Å². The normalized spacial score (nSPS) is 10.6. The number of ether oxygens (including phenoxy) is 2. The number of hydrogen-bond donors (Lipinski definition) is 1. The number of alkyl halides is 2. The van der Waals surface area contributed by atoms with E-state index in [2.05, 4.69) is 20.1 Å². The Bertz CT molecular complexity index is 939. The number of rotatable bonds is 6. The quantitative estimate of drug-likeness (QED) is 0.697. The lowest BCUT2D eigenvalue weighted by Crippen LogP contribution is -2.05. The van der Waals surface area contributed by atoms with Crippen molar-refractivity contribution in [3.05, 3.63) is 58.7 Å². The molecule has 0 amide bonds. The highest BCUT2D eigenvalue weighted by Gasteiger charge is 2.16. The van der Waals surface area contributed by atoms with Gasteiger partial charge in [-0.25, -0.2) is 5.10 Å². The Morgan fingerprint density at radius 2 is 1.92 bits per heavy atom. The highest BCUT2D eigenvalue weighted by molar-refractivity contribution is 6.30. The van der Waals surface area contributed by atoms with Crippen LogP contribution in [0.25, 0.3) is 11.3 Å². The molecule has 0 fully saturated rings. The Morgan fingerprint density at radius 3 is 2.62 bits per heavy atom. The lowest BCUT2D eigenvalue weighted by Gasteiger charge is -2.13. The summed E-state index contributed by atoms with van der Waals surface area (Å²) in [7, 11) is 0. The van der Waals surface area contributed by atoms with Crippen molar-refractivity contribution in [3.63, 3.8) is 0 Å². The highest BCUT2D eigenvalue weighted by atomic mass is 35.5. The molecule has 1 N–H and O–H groups in total. The molecule has 0 aliphatic carbocycles. The molecule has 0 radical (unpaired) electrons. The third kappa shape index (κ3) is 4.07. The average Bonchev–Trinajstić information content (AvgIpc) is 3.10. The van der Waals surface area contributed by atoms with Crippen molar-refractivity contribution in [1.82, 2.24) is 15.4 Å². The van der Waals surface area contributed by atoms with Crippen molar-refractivity contribution in [2.24, 2.45) is 0 Å². The van der Waals surface area contributed by atoms with Crippen molar-refractivity contribution in [2.45, 2.75) is 13.2 Å². The second-order valence-electron chi connectivity index (χ2n) is 5.10. The molecular weight excluding hydrogens is 366 g/mol. The summed E-state index contributed by atoms with van der Waals surface area (Å²) in [5.74, 6) is -0.0376. The van der Waals surface area contributed by atoms with Gasteiger partial charge in [-0.1, -0.05) is 28.9 Å². The van der Waals surface area contributed by atoms with E-state index in [1.807, 2.05) is 6.07 Å². The number of halogens is 3. The molecule has 1 heterocycles. The zero-order chi connectivity index (χ0) is 18.5. The summed E-state index contributed by atoms with van der Waals surface area (Å²) in [6.07, 6.45) is 0. The number of nitriles is 1. The number of aromatic amines is 1. The smallest absolute Gasteiger partial charge is 0.387 e. The molecule has 3 aromatic rings. The fraction of sp³-hybridized carbons (Fsp3) is 0.118.